The Morgan fingerprint density at radius 1 is 1.47 bits per heavy atom. The van der Waals surface area contributed by atoms with E-state index in [1.807, 2.05) is 20.8 Å². The van der Waals surface area contributed by atoms with Gasteiger partial charge in [0.05, 0.1) is 17.4 Å². The van der Waals surface area contributed by atoms with Crippen molar-refractivity contribution < 1.29 is 13.9 Å². The summed E-state index contributed by atoms with van der Waals surface area (Å²) in [4.78, 5) is 0. The lowest BCUT2D eigenvalue weighted by molar-refractivity contribution is -0.00344. The van der Waals surface area contributed by atoms with Gasteiger partial charge in [0.25, 0.3) is 6.43 Å². The predicted octanol–water partition coefficient (Wildman–Crippen LogP) is 0.749. The Balaban J connectivity index is 2.41. The van der Waals surface area contributed by atoms with Crippen LogP contribution in [0, 0.1) is 0 Å². The van der Waals surface area contributed by atoms with E-state index in [1.54, 1.807) is 10.9 Å². The van der Waals surface area contributed by atoms with Crippen LogP contribution in [0.25, 0.3) is 0 Å². The molecule has 0 amide bonds. The van der Waals surface area contributed by atoms with E-state index in [2.05, 4.69) is 15.6 Å². The minimum Gasteiger partial charge on any atom is -0.386 e. The number of rotatable bonds is 5. The second kappa shape index (κ2) is 5.50. The van der Waals surface area contributed by atoms with Crippen LogP contribution in [0.3, 0.4) is 0 Å². The van der Waals surface area contributed by atoms with Crippen LogP contribution in [-0.4, -0.2) is 39.2 Å². The zero-order valence-electron chi connectivity index (χ0n) is 10.2. The summed E-state index contributed by atoms with van der Waals surface area (Å²) in [5, 5.41) is 19.4. The molecule has 1 atom stereocenters. The molecule has 0 bridgehead atoms. The lowest BCUT2D eigenvalue weighted by atomic mass is 10.1. The van der Waals surface area contributed by atoms with E-state index in [-0.39, 0.29) is 12.1 Å². The number of hydrogen-bond donors (Lipinski definition) is 2. The standard InChI is InChI=1S/C10H18F2N4O/c1-10(2,3)16-6-7(14-15-16)4-13-5-8(17)9(11)12/h6,8-9,13,17H,4-5H2,1-3H3. The lowest BCUT2D eigenvalue weighted by Gasteiger charge is -2.17. The SMILES string of the molecule is CC(C)(C)n1cc(CNCC(O)C(F)F)nn1. The first-order valence-corrected chi connectivity index (χ1v) is 5.39. The van der Waals surface area contributed by atoms with Gasteiger partial charge in [0.15, 0.2) is 0 Å². The van der Waals surface area contributed by atoms with Crippen molar-refractivity contribution in [1.82, 2.24) is 20.3 Å². The zero-order chi connectivity index (χ0) is 13.1. The maximum Gasteiger partial charge on any atom is 0.265 e. The van der Waals surface area contributed by atoms with Crippen LogP contribution in [0.1, 0.15) is 26.5 Å². The van der Waals surface area contributed by atoms with Crippen molar-refractivity contribution in [3.63, 3.8) is 0 Å². The Morgan fingerprint density at radius 3 is 2.59 bits per heavy atom. The van der Waals surface area contributed by atoms with E-state index in [0.29, 0.717) is 12.2 Å². The maximum absolute atomic E-state index is 12.0. The van der Waals surface area contributed by atoms with Crippen molar-refractivity contribution in [2.45, 2.75) is 45.4 Å². The molecule has 5 nitrogen and oxygen atoms in total. The minimum atomic E-state index is -2.73. The number of alkyl halides is 2. The van der Waals surface area contributed by atoms with Crippen molar-refractivity contribution in [2.75, 3.05) is 6.54 Å². The highest BCUT2D eigenvalue weighted by molar-refractivity contribution is 4.94. The molecule has 1 unspecified atom stereocenters. The van der Waals surface area contributed by atoms with Crippen LogP contribution in [0.2, 0.25) is 0 Å². The topological polar surface area (TPSA) is 63.0 Å². The number of nitrogens with one attached hydrogen (secondary N) is 1. The molecule has 7 heteroatoms. The number of aliphatic hydroxyl groups excluding tert-OH is 1. The van der Waals surface area contributed by atoms with Gasteiger partial charge in [-0.1, -0.05) is 5.21 Å². The van der Waals surface area contributed by atoms with E-state index in [4.69, 9.17) is 5.11 Å². The molecule has 17 heavy (non-hydrogen) atoms. The Labute approximate surface area is 98.8 Å². The molecule has 2 N–H and O–H groups in total. The second-order valence-corrected chi connectivity index (χ2v) is 4.86. The Hall–Kier alpha value is -1.08. The molecule has 1 heterocycles. The molecule has 0 aliphatic carbocycles. The van der Waals surface area contributed by atoms with Gasteiger partial charge in [-0.2, -0.15) is 0 Å². The van der Waals surface area contributed by atoms with Gasteiger partial charge in [0.1, 0.15) is 6.10 Å². The maximum atomic E-state index is 12.0. The average Bonchev–Trinajstić information content (AvgIpc) is 2.65. The summed E-state index contributed by atoms with van der Waals surface area (Å²) >= 11 is 0. The molecule has 0 aromatic carbocycles. The number of aromatic nitrogens is 3. The summed E-state index contributed by atoms with van der Waals surface area (Å²) in [7, 11) is 0. The number of hydrogen-bond acceptors (Lipinski definition) is 4. The largest absolute Gasteiger partial charge is 0.386 e. The fraction of sp³-hybridized carbons (Fsp3) is 0.800. The van der Waals surface area contributed by atoms with Crippen LogP contribution in [0.5, 0.6) is 0 Å². The molecule has 0 radical (unpaired) electrons. The van der Waals surface area contributed by atoms with Gasteiger partial charge in [-0.3, -0.25) is 0 Å². The van der Waals surface area contributed by atoms with Crippen LogP contribution in [-0.2, 0) is 12.1 Å². The molecule has 0 fully saturated rings. The highest BCUT2D eigenvalue weighted by Gasteiger charge is 2.17. The van der Waals surface area contributed by atoms with Crippen LogP contribution < -0.4 is 5.32 Å². The number of halogens is 2. The molecule has 0 aliphatic rings. The monoisotopic (exact) mass is 248 g/mol. The summed E-state index contributed by atoms with van der Waals surface area (Å²) in [5.41, 5.74) is 0.495. The summed E-state index contributed by atoms with van der Waals surface area (Å²) in [6.45, 7) is 6.10. The molecule has 1 aromatic heterocycles. The van der Waals surface area contributed by atoms with Gasteiger partial charge in [-0.15, -0.1) is 5.10 Å². The predicted molar refractivity (Wildman–Crippen MR) is 58.7 cm³/mol. The third-order valence-corrected chi connectivity index (χ3v) is 2.18. The fourth-order valence-electron chi connectivity index (χ4n) is 1.14. The summed E-state index contributed by atoms with van der Waals surface area (Å²) in [5.74, 6) is 0. The smallest absolute Gasteiger partial charge is 0.265 e. The third-order valence-electron chi connectivity index (χ3n) is 2.18. The Bertz CT molecular complexity index is 348. The van der Waals surface area contributed by atoms with Gasteiger partial charge in [-0.05, 0) is 20.8 Å². The molecule has 0 saturated carbocycles. The quantitative estimate of drug-likeness (QED) is 0.807. The van der Waals surface area contributed by atoms with E-state index in [1.165, 1.54) is 0 Å². The molecule has 0 aliphatic heterocycles. The van der Waals surface area contributed by atoms with Gasteiger partial charge >= 0.3 is 0 Å². The van der Waals surface area contributed by atoms with E-state index >= 15 is 0 Å². The first-order chi connectivity index (χ1) is 7.80. The van der Waals surface area contributed by atoms with Crippen molar-refractivity contribution in [1.29, 1.82) is 0 Å². The number of nitrogens with zero attached hydrogens (tertiary/aromatic N) is 3. The first-order valence-electron chi connectivity index (χ1n) is 5.39. The normalized spacial score (nSPS) is 14.3. The fourth-order valence-corrected chi connectivity index (χ4v) is 1.14. The lowest BCUT2D eigenvalue weighted by Crippen LogP contribution is -2.31. The van der Waals surface area contributed by atoms with Gasteiger partial charge in [0.2, 0.25) is 0 Å². The average molecular weight is 248 g/mol. The molecule has 1 rings (SSSR count). The van der Waals surface area contributed by atoms with Gasteiger partial charge in [-0.25, -0.2) is 13.5 Å². The van der Waals surface area contributed by atoms with Crippen LogP contribution >= 0.6 is 0 Å². The summed E-state index contributed by atoms with van der Waals surface area (Å²) < 4.78 is 25.7. The van der Waals surface area contributed by atoms with E-state index in [0.717, 1.165) is 0 Å². The summed E-state index contributed by atoms with van der Waals surface area (Å²) in [6.07, 6.45) is -2.62. The molecule has 0 saturated heterocycles. The van der Waals surface area contributed by atoms with Crippen molar-refractivity contribution in [3.05, 3.63) is 11.9 Å². The van der Waals surface area contributed by atoms with E-state index in [9.17, 15) is 8.78 Å². The molecular weight excluding hydrogens is 230 g/mol. The number of aliphatic hydroxyl groups is 1. The van der Waals surface area contributed by atoms with Gasteiger partial charge in [0, 0.05) is 13.1 Å². The van der Waals surface area contributed by atoms with Crippen LogP contribution in [0.15, 0.2) is 6.20 Å². The van der Waals surface area contributed by atoms with Crippen LogP contribution in [0.4, 0.5) is 8.78 Å². The first kappa shape index (κ1) is 14.0. The van der Waals surface area contributed by atoms with E-state index < -0.39 is 12.5 Å². The summed E-state index contributed by atoms with van der Waals surface area (Å²) in [6, 6.07) is 0. The zero-order valence-corrected chi connectivity index (χ0v) is 10.2. The molecule has 0 spiro atoms. The molecule has 98 valence electrons. The van der Waals surface area contributed by atoms with Crippen molar-refractivity contribution >= 4 is 0 Å². The Morgan fingerprint density at radius 2 is 2.12 bits per heavy atom. The van der Waals surface area contributed by atoms with Gasteiger partial charge < -0.3 is 10.4 Å². The molecule has 1 aromatic rings. The second-order valence-electron chi connectivity index (χ2n) is 4.86. The van der Waals surface area contributed by atoms with Crippen molar-refractivity contribution in [3.8, 4) is 0 Å². The highest BCUT2D eigenvalue weighted by Crippen LogP contribution is 2.11. The highest BCUT2D eigenvalue weighted by atomic mass is 19.3. The Kier molecular flexibility index (Phi) is 4.53. The minimum absolute atomic E-state index is 0.159. The third kappa shape index (κ3) is 4.35. The van der Waals surface area contributed by atoms with Crippen molar-refractivity contribution in [2.24, 2.45) is 0 Å². The molecular formula is C10H18F2N4O.